The summed E-state index contributed by atoms with van der Waals surface area (Å²) in [5.74, 6) is -0.127. The molecule has 1 aromatic heterocycles. The quantitative estimate of drug-likeness (QED) is 0.728. The van der Waals surface area contributed by atoms with Gasteiger partial charge in [-0.1, -0.05) is 0 Å². The van der Waals surface area contributed by atoms with Crippen molar-refractivity contribution in [1.29, 1.82) is 0 Å². The van der Waals surface area contributed by atoms with Gasteiger partial charge in [0.05, 0.1) is 17.8 Å². The number of carbonyl (C=O) groups excluding carboxylic acids is 1. The van der Waals surface area contributed by atoms with Crippen LogP contribution in [-0.4, -0.2) is 38.2 Å². The van der Waals surface area contributed by atoms with Crippen LogP contribution in [0, 0.1) is 0 Å². The third kappa shape index (κ3) is 3.04. The van der Waals surface area contributed by atoms with E-state index in [9.17, 15) is 9.90 Å². The zero-order valence-corrected chi connectivity index (χ0v) is 11.3. The van der Waals surface area contributed by atoms with E-state index < -0.39 is 11.7 Å². The van der Waals surface area contributed by atoms with E-state index in [1.807, 2.05) is 20.8 Å². The molecule has 2 rings (SSSR count). The van der Waals surface area contributed by atoms with E-state index >= 15 is 0 Å². The molecule has 0 saturated heterocycles. The van der Waals surface area contributed by atoms with Gasteiger partial charge in [0.1, 0.15) is 5.60 Å². The topological polar surface area (TPSA) is 102 Å². The highest BCUT2D eigenvalue weighted by Gasteiger charge is 2.28. The Morgan fingerprint density at radius 1 is 1.42 bits per heavy atom. The van der Waals surface area contributed by atoms with Gasteiger partial charge in [0.15, 0.2) is 0 Å². The maximum Gasteiger partial charge on any atom is 0.410 e. The number of aromatic nitrogens is 2. The lowest BCUT2D eigenvalue weighted by molar-refractivity contribution is 0.0221. The van der Waals surface area contributed by atoms with E-state index in [0.717, 1.165) is 0 Å². The molecule has 1 aliphatic rings. The number of rotatable bonds is 0. The third-order valence-corrected chi connectivity index (χ3v) is 2.71. The Labute approximate surface area is 111 Å². The summed E-state index contributed by atoms with van der Waals surface area (Å²) in [4.78, 5) is 21.2. The van der Waals surface area contributed by atoms with Gasteiger partial charge in [0.2, 0.25) is 11.8 Å². The molecule has 0 aliphatic carbocycles. The Bertz CT molecular complexity index is 510. The molecule has 0 aromatic carbocycles. The van der Waals surface area contributed by atoms with Crippen molar-refractivity contribution in [1.82, 2.24) is 14.9 Å². The lowest BCUT2D eigenvalue weighted by Gasteiger charge is -2.30. The Morgan fingerprint density at radius 3 is 2.74 bits per heavy atom. The number of ether oxygens (including phenoxy) is 1. The molecule has 0 saturated carbocycles. The van der Waals surface area contributed by atoms with E-state index in [1.165, 1.54) is 4.90 Å². The van der Waals surface area contributed by atoms with Crippen LogP contribution in [0.15, 0.2) is 0 Å². The van der Waals surface area contributed by atoms with Crippen LogP contribution < -0.4 is 5.73 Å². The summed E-state index contributed by atoms with van der Waals surface area (Å²) in [7, 11) is 0. The average molecular weight is 266 g/mol. The minimum absolute atomic E-state index is 0.0435. The van der Waals surface area contributed by atoms with Crippen molar-refractivity contribution in [2.75, 3.05) is 12.3 Å². The van der Waals surface area contributed by atoms with E-state index in [-0.39, 0.29) is 18.4 Å². The number of anilines is 1. The largest absolute Gasteiger partial charge is 0.493 e. The van der Waals surface area contributed by atoms with E-state index in [1.54, 1.807) is 0 Å². The van der Waals surface area contributed by atoms with Crippen molar-refractivity contribution >= 4 is 12.0 Å². The van der Waals surface area contributed by atoms with Gasteiger partial charge in [0.25, 0.3) is 0 Å². The maximum atomic E-state index is 12.0. The lowest BCUT2D eigenvalue weighted by Crippen LogP contribution is -2.40. The van der Waals surface area contributed by atoms with E-state index in [0.29, 0.717) is 24.2 Å². The van der Waals surface area contributed by atoms with Gasteiger partial charge < -0.3 is 20.5 Å². The van der Waals surface area contributed by atoms with Crippen molar-refractivity contribution in [2.45, 2.75) is 39.3 Å². The first-order valence-corrected chi connectivity index (χ1v) is 6.08. The van der Waals surface area contributed by atoms with Crippen LogP contribution in [0.3, 0.4) is 0 Å². The molecular formula is C12H18N4O3. The molecule has 1 amide bonds. The van der Waals surface area contributed by atoms with Gasteiger partial charge in [-0.2, -0.15) is 4.98 Å². The Hall–Kier alpha value is -2.05. The normalized spacial score (nSPS) is 15.0. The number of carbonyl (C=O) groups is 1. The van der Waals surface area contributed by atoms with Gasteiger partial charge in [-0.25, -0.2) is 9.78 Å². The predicted octanol–water partition coefficient (Wildman–Crippen LogP) is 1.06. The molecule has 0 radical (unpaired) electrons. The number of nitrogens with zero attached hydrogens (tertiary/aromatic N) is 3. The van der Waals surface area contributed by atoms with Crippen LogP contribution in [0.1, 0.15) is 32.0 Å². The van der Waals surface area contributed by atoms with Crippen LogP contribution in [0.4, 0.5) is 10.7 Å². The standard InChI is InChI=1S/C12H18N4O3/c1-12(2,3)19-11(18)16-5-4-8-7(6-16)9(17)15-10(13)14-8/h4-6H2,1-3H3,(H3,13,14,15,17). The van der Waals surface area contributed by atoms with Crippen molar-refractivity contribution in [3.05, 3.63) is 11.3 Å². The number of aromatic hydroxyl groups is 1. The van der Waals surface area contributed by atoms with Gasteiger partial charge in [-0.3, -0.25) is 0 Å². The highest BCUT2D eigenvalue weighted by atomic mass is 16.6. The fourth-order valence-electron chi connectivity index (χ4n) is 1.90. The van der Waals surface area contributed by atoms with Crippen molar-refractivity contribution in [3.8, 4) is 5.88 Å². The summed E-state index contributed by atoms with van der Waals surface area (Å²) in [6.07, 6.45) is 0.115. The molecule has 1 aliphatic heterocycles. The molecule has 1 aromatic rings. The molecule has 0 spiro atoms. The van der Waals surface area contributed by atoms with Crippen molar-refractivity contribution in [2.24, 2.45) is 0 Å². The second kappa shape index (κ2) is 4.56. The summed E-state index contributed by atoms with van der Waals surface area (Å²) in [5.41, 5.74) is 6.15. The highest BCUT2D eigenvalue weighted by molar-refractivity contribution is 5.68. The third-order valence-electron chi connectivity index (χ3n) is 2.71. The number of hydrogen-bond donors (Lipinski definition) is 2. The number of hydrogen-bond acceptors (Lipinski definition) is 6. The molecule has 0 unspecified atom stereocenters. The minimum atomic E-state index is -0.545. The van der Waals surface area contributed by atoms with Gasteiger partial charge in [-0.05, 0) is 20.8 Å². The van der Waals surface area contributed by atoms with Gasteiger partial charge in [-0.15, -0.1) is 0 Å². The van der Waals surface area contributed by atoms with Gasteiger partial charge in [0, 0.05) is 13.0 Å². The van der Waals surface area contributed by atoms with E-state index in [4.69, 9.17) is 10.5 Å². The smallest absolute Gasteiger partial charge is 0.410 e. The predicted molar refractivity (Wildman–Crippen MR) is 68.5 cm³/mol. The summed E-state index contributed by atoms with van der Waals surface area (Å²) in [6, 6.07) is 0. The summed E-state index contributed by atoms with van der Waals surface area (Å²) >= 11 is 0. The van der Waals surface area contributed by atoms with Crippen molar-refractivity contribution in [3.63, 3.8) is 0 Å². The van der Waals surface area contributed by atoms with Crippen LogP contribution in [-0.2, 0) is 17.7 Å². The number of nitrogens with two attached hydrogens (primary N) is 1. The van der Waals surface area contributed by atoms with Crippen LogP contribution >= 0.6 is 0 Å². The molecule has 19 heavy (non-hydrogen) atoms. The molecule has 104 valence electrons. The SMILES string of the molecule is CC(C)(C)OC(=O)N1CCc2nc(N)nc(O)c2C1. The summed E-state index contributed by atoms with van der Waals surface area (Å²) in [5, 5.41) is 9.76. The number of fused-ring (bicyclic) bond motifs is 1. The first kappa shape index (κ1) is 13.4. The van der Waals surface area contributed by atoms with Crippen LogP contribution in [0.25, 0.3) is 0 Å². The number of nitrogen functional groups attached to an aromatic ring is 1. The second-order valence-corrected chi connectivity index (χ2v) is 5.48. The summed E-state index contributed by atoms with van der Waals surface area (Å²) < 4.78 is 5.30. The van der Waals surface area contributed by atoms with Crippen molar-refractivity contribution < 1.29 is 14.6 Å². The average Bonchev–Trinajstić information content (AvgIpc) is 2.25. The zero-order valence-electron chi connectivity index (χ0n) is 11.3. The van der Waals surface area contributed by atoms with Gasteiger partial charge >= 0.3 is 6.09 Å². The zero-order chi connectivity index (χ0) is 14.2. The molecule has 0 fully saturated rings. The Morgan fingerprint density at radius 2 is 2.11 bits per heavy atom. The fraction of sp³-hybridized carbons (Fsp3) is 0.583. The van der Waals surface area contributed by atoms with E-state index in [2.05, 4.69) is 9.97 Å². The molecule has 3 N–H and O–H groups in total. The molecule has 7 heteroatoms. The molecular weight excluding hydrogens is 248 g/mol. The first-order valence-electron chi connectivity index (χ1n) is 6.08. The Balaban J connectivity index is 2.16. The van der Waals surface area contributed by atoms with Crippen LogP contribution in [0.5, 0.6) is 5.88 Å². The molecule has 7 nitrogen and oxygen atoms in total. The molecule has 2 heterocycles. The number of amides is 1. The highest BCUT2D eigenvalue weighted by Crippen LogP contribution is 2.26. The fourth-order valence-corrected chi connectivity index (χ4v) is 1.90. The lowest BCUT2D eigenvalue weighted by atomic mass is 10.1. The first-order chi connectivity index (χ1) is 8.76. The molecule has 0 atom stereocenters. The van der Waals surface area contributed by atoms with Crippen LogP contribution in [0.2, 0.25) is 0 Å². The second-order valence-electron chi connectivity index (χ2n) is 5.48. The monoisotopic (exact) mass is 266 g/mol. The maximum absolute atomic E-state index is 12.0. The Kier molecular flexibility index (Phi) is 3.21. The minimum Gasteiger partial charge on any atom is -0.493 e. The molecule has 0 bridgehead atoms. The summed E-state index contributed by atoms with van der Waals surface area (Å²) in [6.45, 7) is 6.15.